The van der Waals surface area contributed by atoms with Crippen molar-refractivity contribution in [3.05, 3.63) is 106 Å². The number of aryl methyl sites for hydroxylation is 1. The Morgan fingerprint density at radius 1 is 1.03 bits per heavy atom. The van der Waals surface area contributed by atoms with Crippen LogP contribution >= 0.6 is 23.4 Å². The predicted octanol–water partition coefficient (Wildman–Crippen LogP) is 5.87. The van der Waals surface area contributed by atoms with Gasteiger partial charge in [-0.3, -0.25) is 9.59 Å². The predicted molar refractivity (Wildman–Crippen MR) is 135 cm³/mol. The normalized spacial score (nSPS) is 16.6. The van der Waals surface area contributed by atoms with Gasteiger partial charge in [0.25, 0.3) is 5.91 Å². The summed E-state index contributed by atoms with van der Waals surface area (Å²) in [6.07, 6.45) is 1.81. The first-order chi connectivity index (χ1) is 16.0. The lowest BCUT2D eigenvalue weighted by molar-refractivity contribution is -0.128. The van der Waals surface area contributed by atoms with E-state index < -0.39 is 0 Å². The van der Waals surface area contributed by atoms with Crippen molar-refractivity contribution in [3.63, 3.8) is 0 Å². The largest absolute Gasteiger partial charge is 0.350 e. The molecule has 1 aliphatic heterocycles. The van der Waals surface area contributed by atoms with Gasteiger partial charge >= 0.3 is 0 Å². The fourth-order valence-corrected chi connectivity index (χ4v) is 5.21. The SMILES string of the molecule is C[C@@H](CCc1ccccc1)NC(=O)c1ccc([C@H]2SCC(=O)N2Cc2ccc(Cl)cc2)cc1. The summed E-state index contributed by atoms with van der Waals surface area (Å²) in [5.74, 6) is 0.503. The molecule has 1 fully saturated rings. The summed E-state index contributed by atoms with van der Waals surface area (Å²) in [5, 5.41) is 3.71. The minimum absolute atomic E-state index is 0.0601. The van der Waals surface area contributed by atoms with Crippen molar-refractivity contribution in [2.24, 2.45) is 0 Å². The van der Waals surface area contributed by atoms with Crippen molar-refractivity contribution in [1.29, 1.82) is 0 Å². The van der Waals surface area contributed by atoms with Crippen LogP contribution in [0.1, 0.15) is 45.8 Å². The number of nitrogens with zero attached hydrogens (tertiary/aromatic N) is 1. The Labute approximate surface area is 204 Å². The number of halogens is 1. The molecule has 0 saturated carbocycles. The van der Waals surface area contributed by atoms with E-state index in [0.717, 1.165) is 24.0 Å². The Morgan fingerprint density at radius 2 is 1.73 bits per heavy atom. The van der Waals surface area contributed by atoms with Gasteiger partial charge in [-0.2, -0.15) is 0 Å². The molecule has 0 spiro atoms. The van der Waals surface area contributed by atoms with Crippen molar-refractivity contribution < 1.29 is 9.59 Å². The monoisotopic (exact) mass is 478 g/mol. The number of hydrogen-bond donors (Lipinski definition) is 1. The van der Waals surface area contributed by atoms with Crippen molar-refractivity contribution >= 4 is 35.2 Å². The number of nitrogens with one attached hydrogen (secondary N) is 1. The average molecular weight is 479 g/mol. The molecule has 2 atom stereocenters. The molecule has 0 radical (unpaired) electrons. The number of thioether (sulfide) groups is 1. The van der Waals surface area contributed by atoms with Gasteiger partial charge in [0.2, 0.25) is 5.91 Å². The van der Waals surface area contributed by atoms with E-state index in [1.54, 1.807) is 11.8 Å². The number of benzene rings is 3. The highest BCUT2D eigenvalue weighted by molar-refractivity contribution is 8.00. The van der Waals surface area contributed by atoms with Crippen LogP contribution in [0, 0.1) is 0 Å². The molecule has 0 bridgehead atoms. The quantitative estimate of drug-likeness (QED) is 0.440. The summed E-state index contributed by atoms with van der Waals surface area (Å²) in [6.45, 7) is 2.57. The Balaban J connectivity index is 1.35. The molecule has 4 nitrogen and oxygen atoms in total. The number of rotatable bonds is 8. The second-order valence-electron chi connectivity index (χ2n) is 8.33. The van der Waals surface area contributed by atoms with Crippen LogP contribution in [0.2, 0.25) is 5.02 Å². The molecule has 4 rings (SSSR count). The zero-order valence-corrected chi connectivity index (χ0v) is 20.1. The van der Waals surface area contributed by atoms with Crippen LogP contribution in [0.25, 0.3) is 0 Å². The number of amides is 2. The van der Waals surface area contributed by atoms with Crippen molar-refractivity contribution in [2.45, 2.75) is 37.7 Å². The first-order valence-corrected chi connectivity index (χ1v) is 12.5. The molecule has 1 N–H and O–H groups in total. The summed E-state index contributed by atoms with van der Waals surface area (Å²) < 4.78 is 0. The maximum absolute atomic E-state index is 12.7. The highest BCUT2D eigenvalue weighted by atomic mass is 35.5. The molecule has 3 aromatic carbocycles. The average Bonchev–Trinajstić information content (AvgIpc) is 3.20. The van der Waals surface area contributed by atoms with Gasteiger partial charge in [0.1, 0.15) is 5.37 Å². The van der Waals surface area contributed by atoms with Crippen LogP contribution in [0.3, 0.4) is 0 Å². The van der Waals surface area contributed by atoms with Gasteiger partial charge in [-0.1, -0.05) is 66.2 Å². The minimum atomic E-state index is -0.0738. The first kappa shape index (κ1) is 23.4. The van der Waals surface area contributed by atoms with Gasteiger partial charge in [0, 0.05) is 23.2 Å². The molecular formula is C27H27ClN2O2S. The second kappa shape index (κ2) is 10.9. The van der Waals surface area contributed by atoms with E-state index >= 15 is 0 Å². The Hall–Kier alpha value is -2.76. The molecule has 1 aliphatic rings. The maximum atomic E-state index is 12.7. The summed E-state index contributed by atoms with van der Waals surface area (Å²) >= 11 is 7.59. The third kappa shape index (κ3) is 6.18. The van der Waals surface area contributed by atoms with Crippen LogP contribution < -0.4 is 5.32 Å². The fourth-order valence-electron chi connectivity index (χ4n) is 3.89. The number of hydrogen-bond acceptors (Lipinski definition) is 3. The van der Waals surface area contributed by atoms with Gasteiger partial charge < -0.3 is 10.2 Å². The van der Waals surface area contributed by atoms with E-state index in [-0.39, 0.29) is 23.2 Å². The lowest BCUT2D eigenvalue weighted by Crippen LogP contribution is -2.33. The molecule has 0 aromatic heterocycles. The third-order valence-corrected chi connectivity index (χ3v) is 7.29. The van der Waals surface area contributed by atoms with E-state index in [1.165, 1.54) is 5.56 Å². The molecule has 1 heterocycles. The zero-order valence-electron chi connectivity index (χ0n) is 18.5. The standard InChI is InChI=1S/C27H27ClN2O2S/c1-19(7-8-20-5-3-2-4-6-20)29-26(32)22-11-13-23(14-12-22)27-30(25(31)18-33-27)17-21-9-15-24(28)16-10-21/h2-6,9-16,19,27H,7-8,17-18H2,1H3,(H,29,32)/t19-,27+/m0/s1. The molecule has 6 heteroatoms. The minimum Gasteiger partial charge on any atom is -0.350 e. The molecule has 1 saturated heterocycles. The number of carbonyl (C=O) groups is 2. The lowest BCUT2D eigenvalue weighted by Gasteiger charge is -2.24. The Kier molecular flexibility index (Phi) is 7.73. The third-order valence-electron chi connectivity index (χ3n) is 5.78. The Bertz CT molecular complexity index is 1090. The summed E-state index contributed by atoms with van der Waals surface area (Å²) in [5.41, 5.74) is 3.97. The van der Waals surface area contributed by atoms with Crippen LogP contribution in [-0.2, 0) is 17.8 Å². The van der Waals surface area contributed by atoms with E-state index in [1.807, 2.05) is 78.6 Å². The van der Waals surface area contributed by atoms with Crippen LogP contribution in [-0.4, -0.2) is 28.5 Å². The molecule has 170 valence electrons. The Morgan fingerprint density at radius 3 is 2.42 bits per heavy atom. The molecule has 2 amide bonds. The fraction of sp³-hybridized carbons (Fsp3) is 0.259. The molecule has 3 aromatic rings. The first-order valence-electron chi connectivity index (χ1n) is 11.1. The van der Waals surface area contributed by atoms with Crippen LogP contribution in [0.15, 0.2) is 78.9 Å². The van der Waals surface area contributed by atoms with Crippen molar-refractivity contribution in [2.75, 3.05) is 5.75 Å². The highest BCUT2D eigenvalue weighted by Crippen LogP contribution is 2.39. The summed E-state index contributed by atoms with van der Waals surface area (Å²) in [4.78, 5) is 27.1. The topological polar surface area (TPSA) is 49.4 Å². The molecule has 0 aliphatic carbocycles. The van der Waals surface area contributed by atoms with E-state index in [2.05, 4.69) is 17.4 Å². The lowest BCUT2D eigenvalue weighted by atomic mass is 10.1. The van der Waals surface area contributed by atoms with Crippen molar-refractivity contribution in [3.8, 4) is 0 Å². The van der Waals surface area contributed by atoms with Crippen LogP contribution in [0.5, 0.6) is 0 Å². The van der Waals surface area contributed by atoms with Gasteiger partial charge in [-0.05, 0) is 60.7 Å². The van der Waals surface area contributed by atoms with Gasteiger partial charge in [0.15, 0.2) is 0 Å². The maximum Gasteiger partial charge on any atom is 0.251 e. The molecule has 33 heavy (non-hydrogen) atoms. The molecule has 0 unspecified atom stereocenters. The van der Waals surface area contributed by atoms with E-state index in [0.29, 0.717) is 22.9 Å². The second-order valence-corrected chi connectivity index (χ2v) is 9.84. The van der Waals surface area contributed by atoms with E-state index in [4.69, 9.17) is 11.6 Å². The number of carbonyl (C=O) groups excluding carboxylic acids is 2. The van der Waals surface area contributed by atoms with Crippen molar-refractivity contribution in [1.82, 2.24) is 10.2 Å². The zero-order chi connectivity index (χ0) is 23.2. The van der Waals surface area contributed by atoms with Gasteiger partial charge in [-0.25, -0.2) is 0 Å². The highest BCUT2D eigenvalue weighted by Gasteiger charge is 2.32. The van der Waals surface area contributed by atoms with E-state index in [9.17, 15) is 9.59 Å². The van der Waals surface area contributed by atoms with Gasteiger partial charge in [-0.15, -0.1) is 11.8 Å². The van der Waals surface area contributed by atoms with Gasteiger partial charge in [0.05, 0.1) is 5.75 Å². The molecular weight excluding hydrogens is 452 g/mol. The smallest absolute Gasteiger partial charge is 0.251 e. The van der Waals surface area contributed by atoms with Crippen LogP contribution in [0.4, 0.5) is 0 Å². The summed E-state index contributed by atoms with van der Waals surface area (Å²) in [7, 11) is 0. The summed E-state index contributed by atoms with van der Waals surface area (Å²) in [6, 6.07) is 25.5.